The SMILES string of the molecule is CC(C)C(NC(=O)OC(C)(C)C)C(=O)N(C)C(Cc1ccccc1)C(=O)N(C)C(C(=O)OCc1ccccc1)C(C)C. The van der Waals surface area contributed by atoms with Crippen LogP contribution in [0.15, 0.2) is 60.7 Å². The van der Waals surface area contributed by atoms with Crippen molar-refractivity contribution >= 4 is 23.9 Å². The topological polar surface area (TPSA) is 105 Å². The van der Waals surface area contributed by atoms with Crippen molar-refractivity contribution in [1.29, 1.82) is 0 Å². The van der Waals surface area contributed by atoms with E-state index in [9.17, 15) is 19.2 Å². The Morgan fingerprint density at radius 1 is 0.762 bits per heavy atom. The van der Waals surface area contributed by atoms with Crippen LogP contribution in [0.5, 0.6) is 0 Å². The van der Waals surface area contributed by atoms with E-state index in [0.29, 0.717) is 0 Å². The lowest BCUT2D eigenvalue weighted by atomic mass is 9.97. The molecule has 3 amide bonds. The summed E-state index contributed by atoms with van der Waals surface area (Å²) in [6, 6.07) is 15.9. The number of nitrogens with zero attached hydrogens (tertiary/aromatic N) is 2. The second kappa shape index (κ2) is 15.4. The van der Waals surface area contributed by atoms with Crippen LogP contribution in [-0.4, -0.2) is 71.5 Å². The van der Waals surface area contributed by atoms with E-state index in [2.05, 4.69) is 5.32 Å². The van der Waals surface area contributed by atoms with Crippen LogP contribution in [0.1, 0.15) is 59.6 Å². The lowest BCUT2D eigenvalue weighted by Gasteiger charge is -2.37. The highest BCUT2D eigenvalue weighted by atomic mass is 16.6. The number of amides is 3. The maximum absolute atomic E-state index is 14.1. The lowest BCUT2D eigenvalue weighted by Crippen LogP contribution is -2.59. The molecule has 0 aromatic heterocycles. The van der Waals surface area contributed by atoms with Crippen molar-refractivity contribution in [3.05, 3.63) is 71.8 Å². The van der Waals surface area contributed by atoms with Crippen LogP contribution >= 0.6 is 0 Å². The minimum absolute atomic E-state index is 0.0865. The third-order valence-electron chi connectivity index (χ3n) is 6.84. The number of carbonyl (C=O) groups is 4. The Morgan fingerprint density at radius 3 is 1.76 bits per heavy atom. The first-order valence-electron chi connectivity index (χ1n) is 14.4. The van der Waals surface area contributed by atoms with Gasteiger partial charge in [-0.05, 0) is 43.7 Å². The minimum atomic E-state index is -0.949. The first-order valence-corrected chi connectivity index (χ1v) is 14.4. The Morgan fingerprint density at radius 2 is 1.29 bits per heavy atom. The fraction of sp³-hybridized carbons (Fsp3) is 0.515. The first kappa shape index (κ1) is 34.3. The fourth-order valence-electron chi connectivity index (χ4n) is 4.61. The van der Waals surface area contributed by atoms with Gasteiger partial charge in [0, 0.05) is 20.5 Å². The average molecular weight is 582 g/mol. The summed E-state index contributed by atoms with van der Waals surface area (Å²) in [7, 11) is 3.11. The second-order valence-electron chi connectivity index (χ2n) is 12.3. The molecular weight excluding hydrogens is 534 g/mol. The molecule has 9 nitrogen and oxygen atoms in total. The zero-order valence-corrected chi connectivity index (χ0v) is 26.4. The van der Waals surface area contributed by atoms with Gasteiger partial charge < -0.3 is 24.6 Å². The molecule has 2 aromatic rings. The zero-order valence-electron chi connectivity index (χ0n) is 26.4. The third-order valence-corrected chi connectivity index (χ3v) is 6.84. The Balaban J connectivity index is 2.35. The van der Waals surface area contributed by atoms with Crippen LogP contribution in [0.2, 0.25) is 0 Å². The van der Waals surface area contributed by atoms with E-state index < -0.39 is 47.6 Å². The van der Waals surface area contributed by atoms with Gasteiger partial charge in [0.1, 0.15) is 30.3 Å². The van der Waals surface area contributed by atoms with Crippen molar-refractivity contribution in [2.75, 3.05) is 14.1 Å². The summed E-state index contributed by atoms with van der Waals surface area (Å²) in [4.78, 5) is 56.5. The molecule has 0 bridgehead atoms. The predicted molar refractivity (Wildman–Crippen MR) is 162 cm³/mol. The van der Waals surface area contributed by atoms with Crippen LogP contribution in [0.3, 0.4) is 0 Å². The summed E-state index contributed by atoms with van der Waals surface area (Å²) < 4.78 is 11.0. The number of ether oxygens (including phenoxy) is 2. The molecule has 0 heterocycles. The molecule has 230 valence electrons. The number of nitrogens with one attached hydrogen (secondary N) is 1. The van der Waals surface area contributed by atoms with Gasteiger partial charge in [0.2, 0.25) is 11.8 Å². The van der Waals surface area contributed by atoms with Crippen LogP contribution in [0, 0.1) is 11.8 Å². The van der Waals surface area contributed by atoms with Crippen molar-refractivity contribution in [2.24, 2.45) is 11.8 Å². The number of likely N-dealkylation sites (N-methyl/N-ethyl adjacent to an activating group) is 2. The first-order chi connectivity index (χ1) is 19.6. The highest BCUT2D eigenvalue weighted by Gasteiger charge is 2.39. The van der Waals surface area contributed by atoms with Crippen molar-refractivity contribution in [2.45, 2.75) is 85.2 Å². The van der Waals surface area contributed by atoms with Gasteiger partial charge in [-0.3, -0.25) is 9.59 Å². The van der Waals surface area contributed by atoms with Crippen LogP contribution in [0.25, 0.3) is 0 Å². The van der Waals surface area contributed by atoms with E-state index in [-0.39, 0.29) is 24.9 Å². The van der Waals surface area contributed by atoms with Gasteiger partial charge in [0.05, 0.1) is 0 Å². The van der Waals surface area contributed by atoms with Crippen LogP contribution < -0.4 is 5.32 Å². The normalized spacial score (nSPS) is 13.6. The zero-order chi connectivity index (χ0) is 31.6. The van der Waals surface area contributed by atoms with E-state index in [1.54, 1.807) is 34.9 Å². The van der Waals surface area contributed by atoms with Crippen LogP contribution in [0.4, 0.5) is 4.79 Å². The second-order valence-corrected chi connectivity index (χ2v) is 12.3. The van der Waals surface area contributed by atoms with Gasteiger partial charge in [-0.25, -0.2) is 9.59 Å². The Hall–Kier alpha value is -3.88. The largest absolute Gasteiger partial charge is 0.459 e. The van der Waals surface area contributed by atoms with Gasteiger partial charge in [-0.1, -0.05) is 88.4 Å². The molecule has 42 heavy (non-hydrogen) atoms. The minimum Gasteiger partial charge on any atom is -0.459 e. The summed E-state index contributed by atoms with van der Waals surface area (Å²) >= 11 is 0. The van der Waals surface area contributed by atoms with Gasteiger partial charge in [0.15, 0.2) is 0 Å². The maximum atomic E-state index is 14.1. The van der Waals surface area contributed by atoms with Crippen LogP contribution in [-0.2, 0) is 36.9 Å². The van der Waals surface area contributed by atoms with E-state index in [0.717, 1.165) is 11.1 Å². The van der Waals surface area contributed by atoms with Crippen molar-refractivity contribution < 1.29 is 28.7 Å². The summed E-state index contributed by atoms with van der Waals surface area (Å²) in [5.41, 5.74) is 0.945. The van der Waals surface area contributed by atoms with E-state index in [1.807, 2.05) is 88.4 Å². The number of rotatable bonds is 12. The highest BCUT2D eigenvalue weighted by Crippen LogP contribution is 2.19. The monoisotopic (exact) mass is 581 g/mol. The van der Waals surface area contributed by atoms with E-state index in [4.69, 9.17) is 9.47 Å². The predicted octanol–water partition coefficient (Wildman–Crippen LogP) is 4.83. The number of alkyl carbamates (subject to hydrolysis) is 1. The Labute approximate surface area is 250 Å². The lowest BCUT2D eigenvalue weighted by molar-refractivity contribution is -0.159. The van der Waals surface area contributed by atoms with Gasteiger partial charge in [-0.15, -0.1) is 0 Å². The van der Waals surface area contributed by atoms with E-state index in [1.165, 1.54) is 9.80 Å². The molecule has 2 rings (SSSR count). The number of hydrogen-bond donors (Lipinski definition) is 1. The number of carbonyl (C=O) groups excluding carboxylic acids is 4. The Kier molecular flexibility index (Phi) is 12.6. The molecule has 0 spiro atoms. The smallest absolute Gasteiger partial charge is 0.408 e. The number of hydrogen-bond acceptors (Lipinski definition) is 6. The van der Waals surface area contributed by atoms with E-state index >= 15 is 0 Å². The maximum Gasteiger partial charge on any atom is 0.408 e. The molecule has 1 N–H and O–H groups in total. The number of benzene rings is 2. The molecule has 0 radical (unpaired) electrons. The molecule has 0 fully saturated rings. The van der Waals surface area contributed by atoms with Gasteiger partial charge in [0.25, 0.3) is 0 Å². The summed E-state index contributed by atoms with van der Waals surface area (Å²) in [6.45, 7) is 12.6. The molecule has 2 aromatic carbocycles. The molecule has 0 saturated heterocycles. The molecule has 0 aliphatic rings. The third kappa shape index (κ3) is 10.2. The number of esters is 1. The van der Waals surface area contributed by atoms with Gasteiger partial charge in [-0.2, -0.15) is 0 Å². The summed E-state index contributed by atoms with van der Waals surface area (Å²) in [6.07, 6.45) is -0.500. The molecule has 0 saturated carbocycles. The Bertz CT molecular complexity index is 1180. The molecular formula is C33H47N3O6. The average Bonchev–Trinajstić information content (AvgIpc) is 2.92. The summed E-state index contributed by atoms with van der Waals surface area (Å²) in [5, 5.41) is 2.68. The molecule has 3 atom stereocenters. The molecule has 9 heteroatoms. The van der Waals surface area contributed by atoms with Crippen molar-refractivity contribution in [3.8, 4) is 0 Å². The molecule has 0 aliphatic heterocycles. The molecule has 0 aliphatic carbocycles. The van der Waals surface area contributed by atoms with Gasteiger partial charge >= 0.3 is 12.1 Å². The fourth-order valence-corrected chi connectivity index (χ4v) is 4.61. The highest BCUT2D eigenvalue weighted by molar-refractivity contribution is 5.93. The van der Waals surface area contributed by atoms with Crippen molar-refractivity contribution in [3.63, 3.8) is 0 Å². The molecule has 3 unspecified atom stereocenters. The quantitative estimate of drug-likeness (QED) is 0.360. The summed E-state index contributed by atoms with van der Waals surface area (Å²) in [5.74, 6) is -1.91. The van der Waals surface area contributed by atoms with Crippen molar-refractivity contribution in [1.82, 2.24) is 15.1 Å². The standard InChI is InChI=1S/C33H47N3O6/c1-22(2)27(34-32(40)42-33(5,6)7)30(38)35(8)26(20-24-16-12-10-13-17-24)29(37)36(9)28(23(3)4)31(39)41-21-25-18-14-11-15-19-25/h10-19,22-23,26-28H,20-21H2,1-9H3,(H,34,40).